The zero-order valence-corrected chi connectivity index (χ0v) is 18.6. The van der Waals surface area contributed by atoms with Crippen molar-refractivity contribution in [3.05, 3.63) is 29.8 Å². The molecule has 1 aromatic rings. The first kappa shape index (κ1) is 23.5. The van der Waals surface area contributed by atoms with E-state index in [-0.39, 0.29) is 31.0 Å². The first-order valence-corrected chi connectivity index (χ1v) is 10.6. The number of piperidine rings is 1. The number of nitrogens with one attached hydrogen (secondary N) is 1. The maximum atomic E-state index is 12.9. The third kappa shape index (κ3) is 5.97. The molecule has 0 aromatic heterocycles. The van der Waals surface area contributed by atoms with Gasteiger partial charge in [-0.15, -0.1) is 0 Å². The normalized spacial score (nSPS) is 19.6. The zero-order chi connectivity index (χ0) is 23.5. The van der Waals surface area contributed by atoms with Crippen molar-refractivity contribution in [2.24, 2.45) is 5.73 Å². The Kier molecular flexibility index (Phi) is 7.02. The highest BCUT2D eigenvalue weighted by atomic mass is 16.6. The lowest BCUT2D eigenvalue weighted by Gasteiger charge is -2.32. The summed E-state index contributed by atoms with van der Waals surface area (Å²) in [5, 5.41) is 7.44. The summed E-state index contributed by atoms with van der Waals surface area (Å²) in [6, 6.07) is 6.61. The molecule has 2 aliphatic rings. The number of amidine groups is 1. The highest BCUT2D eigenvalue weighted by Gasteiger charge is 2.40. The third-order valence-electron chi connectivity index (χ3n) is 5.19. The summed E-state index contributed by atoms with van der Waals surface area (Å²) in [4.78, 5) is 40.0. The Hall–Kier alpha value is -3.14. The number of rotatable bonds is 6. The molecule has 3 N–H and O–H groups in total. The number of amides is 2. The van der Waals surface area contributed by atoms with Crippen LogP contribution in [0.4, 0.5) is 10.5 Å². The summed E-state index contributed by atoms with van der Waals surface area (Å²) in [5.74, 6) is -0.718. The molecule has 0 saturated carbocycles. The summed E-state index contributed by atoms with van der Waals surface area (Å²) >= 11 is 0. The van der Waals surface area contributed by atoms with Gasteiger partial charge in [-0.3, -0.25) is 15.1 Å². The number of anilines is 1. The van der Waals surface area contributed by atoms with Crippen LogP contribution in [-0.2, 0) is 23.8 Å². The number of carbonyl (C=O) groups excluding carboxylic acids is 3. The number of carbonyl (C=O) groups is 3. The molecule has 10 heteroatoms. The monoisotopic (exact) mass is 446 g/mol. The highest BCUT2D eigenvalue weighted by Crippen LogP contribution is 2.24. The minimum atomic E-state index is -0.880. The Morgan fingerprint density at radius 2 is 1.81 bits per heavy atom. The molecule has 32 heavy (non-hydrogen) atoms. The number of nitrogens with two attached hydrogens (primary N) is 1. The minimum absolute atomic E-state index is 0.0629. The number of esters is 1. The Labute approximate surface area is 187 Å². The molecule has 1 aromatic carbocycles. The molecule has 2 fully saturated rings. The van der Waals surface area contributed by atoms with Gasteiger partial charge in [-0.1, -0.05) is 0 Å². The van der Waals surface area contributed by atoms with Crippen molar-refractivity contribution in [1.29, 1.82) is 5.41 Å². The van der Waals surface area contributed by atoms with Crippen molar-refractivity contribution in [2.75, 3.05) is 31.1 Å². The fourth-order valence-corrected chi connectivity index (χ4v) is 3.63. The van der Waals surface area contributed by atoms with Gasteiger partial charge in [0.2, 0.25) is 0 Å². The van der Waals surface area contributed by atoms with Crippen LogP contribution in [0.15, 0.2) is 24.3 Å². The molecule has 10 nitrogen and oxygen atoms in total. The minimum Gasteiger partial charge on any atom is -0.458 e. The second kappa shape index (κ2) is 9.56. The lowest BCUT2D eigenvalue weighted by molar-refractivity contribution is -0.163. The molecule has 2 heterocycles. The second-order valence-corrected chi connectivity index (χ2v) is 8.87. The number of hydrogen-bond donors (Lipinski definition) is 2. The van der Waals surface area contributed by atoms with Gasteiger partial charge in [0.25, 0.3) is 5.91 Å². The quantitative estimate of drug-likeness (QED) is 0.385. The molecule has 0 bridgehead atoms. The van der Waals surface area contributed by atoms with E-state index in [1.165, 1.54) is 4.90 Å². The molecule has 0 radical (unpaired) electrons. The van der Waals surface area contributed by atoms with E-state index in [1.54, 1.807) is 49.9 Å². The maximum absolute atomic E-state index is 12.9. The largest absolute Gasteiger partial charge is 0.458 e. The van der Waals surface area contributed by atoms with Crippen LogP contribution in [0.5, 0.6) is 0 Å². The van der Waals surface area contributed by atoms with Crippen LogP contribution < -0.4 is 10.6 Å². The topological polar surface area (TPSA) is 135 Å². The van der Waals surface area contributed by atoms with Crippen molar-refractivity contribution in [2.45, 2.75) is 51.4 Å². The number of benzene rings is 1. The molecule has 0 aliphatic carbocycles. The van der Waals surface area contributed by atoms with Gasteiger partial charge in [0.1, 0.15) is 18.0 Å². The van der Waals surface area contributed by atoms with Crippen LogP contribution in [0.1, 0.15) is 39.2 Å². The van der Waals surface area contributed by atoms with Crippen LogP contribution in [0.2, 0.25) is 0 Å². The van der Waals surface area contributed by atoms with Crippen LogP contribution in [0, 0.1) is 5.41 Å². The number of cyclic esters (lactones) is 1. The van der Waals surface area contributed by atoms with Crippen LogP contribution in [0.3, 0.4) is 0 Å². The second-order valence-electron chi connectivity index (χ2n) is 8.87. The molecule has 3 rings (SSSR count). The van der Waals surface area contributed by atoms with E-state index < -0.39 is 23.8 Å². The van der Waals surface area contributed by atoms with Gasteiger partial charge in [-0.25, -0.2) is 9.59 Å². The molecular weight excluding hydrogens is 416 g/mol. The number of nitrogens with zero attached hydrogens (tertiary/aromatic N) is 2. The van der Waals surface area contributed by atoms with Gasteiger partial charge < -0.3 is 24.8 Å². The molecule has 2 amide bonds. The predicted molar refractivity (Wildman–Crippen MR) is 116 cm³/mol. The van der Waals surface area contributed by atoms with Crippen LogP contribution >= 0.6 is 0 Å². The van der Waals surface area contributed by atoms with E-state index in [2.05, 4.69) is 0 Å². The van der Waals surface area contributed by atoms with Crippen molar-refractivity contribution < 1.29 is 28.6 Å². The van der Waals surface area contributed by atoms with E-state index in [9.17, 15) is 14.4 Å². The number of ether oxygens (including phenoxy) is 3. The Morgan fingerprint density at radius 1 is 1.19 bits per heavy atom. The first-order chi connectivity index (χ1) is 15.0. The summed E-state index contributed by atoms with van der Waals surface area (Å²) in [5.41, 5.74) is 6.02. The summed E-state index contributed by atoms with van der Waals surface area (Å²) in [6.07, 6.45) is -0.422. The lowest BCUT2D eigenvalue weighted by Crippen LogP contribution is -2.46. The molecule has 2 saturated heterocycles. The van der Waals surface area contributed by atoms with Gasteiger partial charge in [0.15, 0.2) is 6.10 Å². The van der Waals surface area contributed by atoms with Crippen molar-refractivity contribution in [3.8, 4) is 0 Å². The van der Waals surface area contributed by atoms with Gasteiger partial charge in [0.05, 0.1) is 12.6 Å². The SMILES string of the molecule is CC(C)(C)OC(=O)COC1CCN(C(=O)C2CN(c3ccc(C(=N)N)cc3)C(=O)O2)CC1. The summed E-state index contributed by atoms with van der Waals surface area (Å²) in [7, 11) is 0. The molecule has 174 valence electrons. The molecular formula is C22H30N4O6. The van der Waals surface area contributed by atoms with Crippen molar-refractivity contribution >= 4 is 29.5 Å². The lowest BCUT2D eigenvalue weighted by atomic mass is 10.1. The van der Waals surface area contributed by atoms with Gasteiger partial charge >= 0.3 is 12.1 Å². The van der Waals surface area contributed by atoms with Crippen LogP contribution in [-0.4, -0.2) is 72.8 Å². The standard InChI is InChI=1S/C22H30N4O6/c1-22(2,3)32-18(27)13-30-16-8-10-25(11-9-16)20(28)17-12-26(21(29)31-17)15-6-4-14(5-7-15)19(23)24/h4-7,16-17H,8-13H2,1-3H3,(H3,23,24). The average molecular weight is 447 g/mol. The number of likely N-dealkylation sites (tertiary alicyclic amines) is 1. The van der Waals surface area contributed by atoms with E-state index in [0.29, 0.717) is 37.2 Å². The number of nitrogen functional groups attached to an aromatic ring is 1. The fourth-order valence-electron chi connectivity index (χ4n) is 3.63. The fraction of sp³-hybridized carbons (Fsp3) is 0.545. The molecule has 1 unspecified atom stereocenters. The van der Waals surface area contributed by atoms with E-state index in [0.717, 1.165) is 0 Å². The highest BCUT2D eigenvalue weighted by molar-refractivity contribution is 5.97. The Bertz CT molecular complexity index is 871. The maximum Gasteiger partial charge on any atom is 0.415 e. The zero-order valence-electron chi connectivity index (χ0n) is 18.6. The average Bonchev–Trinajstić information content (AvgIpc) is 3.12. The Balaban J connectivity index is 1.47. The first-order valence-electron chi connectivity index (χ1n) is 10.6. The molecule has 1 atom stereocenters. The van der Waals surface area contributed by atoms with E-state index in [1.807, 2.05) is 0 Å². The third-order valence-corrected chi connectivity index (χ3v) is 5.19. The van der Waals surface area contributed by atoms with Crippen LogP contribution in [0.25, 0.3) is 0 Å². The summed E-state index contributed by atoms with van der Waals surface area (Å²) in [6.45, 7) is 6.31. The van der Waals surface area contributed by atoms with Gasteiger partial charge in [-0.05, 0) is 57.9 Å². The summed E-state index contributed by atoms with van der Waals surface area (Å²) < 4.78 is 16.2. The van der Waals surface area contributed by atoms with E-state index >= 15 is 0 Å². The van der Waals surface area contributed by atoms with Gasteiger partial charge in [0, 0.05) is 24.3 Å². The molecule has 0 spiro atoms. The predicted octanol–water partition coefficient (Wildman–Crippen LogP) is 1.65. The Morgan fingerprint density at radius 3 is 2.38 bits per heavy atom. The smallest absolute Gasteiger partial charge is 0.415 e. The van der Waals surface area contributed by atoms with Gasteiger partial charge in [-0.2, -0.15) is 0 Å². The van der Waals surface area contributed by atoms with Crippen molar-refractivity contribution in [3.63, 3.8) is 0 Å². The molecule has 2 aliphatic heterocycles. The van der Waals surface area contributed by atoms with Crippen molar-refractivity contribution in [1.82, 2.24) is 4.90 Å². The number of hydrogen-bond acceptors (Lipinski definition) is 7. The van der Waals surface area contributed by atoms with E-state index in [4.69, 9.17) is 25.4 Å².